The van der Waals surface area contributed by atoms with Crippen LogP contribution < -0.4 is 11.2 Å². The van der Waals surface area contributed by atoms with Gasteiger partial charge in [0.2, 0.25) is 0 Å². The van der Waals surface area contributed by atoms with Crippen LogP contribution in [0.25, 0.3) is 10.9 Å². The summed E-state index contributed by atoms with van der Waals surface area (Å²) >= 11 is 0. The molecule has 4 rings (SSSR count). The maximum absolute atomic E-state index is 14.7. The summed E-state index contributed by atoms with van der Waals surface area (Å²) < 4.78 is 16.1. The van der Waals surface area contributed by atoms with Crippen LogP contribution in [0.2, 0.25) is 0 Å². The Morgan fingerprint density at radius 3 is 2.56 bits per heavy atom. The summed E-state index contributed by atoms with van der Waals surface area (Å²) in [6.45, 7) is 7.66. The van der Waals surface area contributed by atoms with Crippen LogP contribution in [0.1, 0.15) is 49.0 Å². The molecule has 0 unspecified atom stereocenters. The third kappa shape index (κ3) is 4.82. The number of benzene rings is 2. The number of aromatic amines is 1. The number of fused-ring (bicyclic) bond motifs is 1. The highest BCUT2D eigenvalue weighted by atomic mass is 19.1. The number of carbonyl (C=O) groups is 1. The number of H-pyrrole nitrogens is 1. The molecule has 0 saturated carbocycles. The van der Waals surface area contributed by atoms with Gasteiger partial charge in [0, 0.05) is 19.1 Å². The molecular weight excluding hydrogens is 435 g/mol. The highest BCUT2D eigenvalue weighted by Gasteiger charge is 2.28. The Morgan fingerprint density at radius 1 is 1.12 bits per heavy atom. The lowest BCUT2D eigenvalue weighted by molar-refractivity contribution is 0.0620. The van der Waals surface area contributed by atoms with Gasteiger partial charge in [-0.3, -0.25) is 19.1 Å². The van der Waals surface area contributed by atoms with E-state index in [1.807, 2.05) is 0 Å². The normalized spacial score (nSPS) is 14.8. The second kappa shape index (κ2) is 10.3. The number of likely N-dealkylation sites (tertiary alicyclic amines) is 1. The SMILES string of the molecule is CCCN(CC)C1CCN(C(=O)c2cc(Cn3c(=O)[nH]c(=O)c4ccccc43)ccc2F)CC1. The molecule has 1 saturated heterocycles. The summed E-state index contributed by atoms with van der Waals surface area (Å²) in [5.74, 6) is -0.897. The van der Waals surface area contributed by atoms with Crippen molar-refractivity contribution in [2.45, 2.75) is 45.7 Å². The lowest BCUT2D eigenvalue weighted by atomic mass is 10.0. The van der Waals surface area contributed by atoms with Crippen molar-refractivity contribution in [2.24, 2.45) is 0 Å². The summed E-state index contributed by atoms with van der Waals surface area (Å²) in [7, 11) is 0. The van der Waals surface area contributed by atoms with Crippen molar-refractivity contribution >= 4 is 16.8 Å². The maximum atomic E-state index is 14.7. The monoisotopic (exact) mass is 466 g/mol. The van der Waals surface area contributed by atoms with Gasteiger partial charge in [0.15, 0.2) is 0 Å². The van der Waals surface area contributed by atoms with Crippen molar-refractivity contribution in [1.82, 2.24) is 19.4 Å². The Morgan fingerprint density at radius 2 is 1.85 bits per heavy atom. The molecule has 0 atom stereocenters. The van der Waals surface area contributed by atoms with Gasteiger partial charge in [-0.2, -0.15) is 0 Å². The largest absolute Gasteiger partial charge is 0.338 e. The zero-order valence-electron chi connectivity index (χ0n) is 19.7. The number of nitrogens with zero attached hydrogens (tertiary/aromatic N) is 3. The number of aromatic nitrogens is 2. The summed E-state index contributed by atoms with van der Waals surface area (Å²) in [5, 5.41) is 0.396. The van der Waals surface area contributed by atoms with Crippen molar-refractivity contribution in [2.75, 3.05) is 26.2 Å². The highest BCUT2D eigenvalue weighted by Crippen LogP contribution is 2.21. The number of piperidine rings is 1. The second-order valence-electron chi connectivity index (χ2n) is 8.83. The number of para-hydroxylation sites is 1. The summed E-state index contributed by atoms with van der Waals surface area (Å²) in [6, 6.07) is 11.6. The topological polar surface area (TPSA) is 78.4 Å². The minimum absolute atomic E-state index is 0.0126. The molecule has 0 bridgehead atoms. The van der Waals surface area contributed by atoms with Crippen molar-refractivity contribution < 1.29 is 9.18 Å². The predicted octanol–water partition coefficient (Wildman–Crippen LogP) is 3.21. The molecule has 1 aromatic heterocycles. The van der Waals surface area contributed by atoms with Crippen molar-refractivity contribution in [3.63, 3.8) is 0 Å². The molecule has 34 heavy (non-hydrogen) atoms. The average Bonchev–Trinajstić information content (AvgIpc) is 2.86. The Hall–Kier alpha value is -3.26. The van der Waals surface area contributed by atoms with E-state index in [-0.39, 0.29) is 18.0 Å². The van der Waals surface area contributed by atoms with Crippen LogP contribution in [0.5, 0.6) is 0 Å². The first kappa shape index (κ1) is 23.9. The van der Waals surface area contributed by atoms with Crippen LogP contribution in [0, 0.1) is 5.82 Å². The smallest absolute Gasteiger partial charge is 0.329 e. The van der Waals surface area contributed by atoms with Gasteiger partial charge in [-0.25, -0.2) is 9.18 Å². The van der Waals surface area contributed by atoms with Crippen LogP contribution in [0.3, 0.4) is 0 Å². The van der Waals surface area contributed by atoms with Crippen molar-refractivity contribution in [1.29, 1.82) is 0 Å². The molecule has 2 heterocycles. The molecule has 0 radical (unpaired) electrons. The zero-order valence-corrected chi connectivity index (χ0v) is 19.7. The molecule has 2 aromatic carbocycles. The number of carbonyl (C=O) groups excluding carboxylic acids is 1. The van der Waals surface area contributed by atoms with Crippen LogP contribution >= 0.6 is 0 Å². The molecule has 0 spiro atoms. The van der Waals surface area contributed by atoms with Crippen LogP contribution in [-0.2, 0) is 6.54 Å². The number of amides is 1. The zero-order chi connectivity index (χ0) is 24.2. The van der Waals surface area contributed by atoms with Gasteiger partial charge in [0.25, 0.3) is 11.5 Å². The lowest BCUT2D eigenvalue weighted by Gasteiger charge is -2.38. The summed E-state index contributed by atoms with van der Waals surface area (Å²) in [4.78, 5) is 44.3. The third-order valence-corrected chi connectivity index (χ3v) is 6.69. The quantitative estimate of drug-likeness (QED) is 0.580. The molecule has 0 aliphatic carbocycles. The standard InChI is InChI=1S/C26H31FN4O3/c1-3-13-29(4-2)19-11-14-30(15-12-19)25(33)21-16-18(9-10-22(21)27)17-31-23-8-6-5-7-20(23)24(32)28-26(31)34/h5-10,16,19H,3-4,11-15,17H2,1-2H3,(H,28,32,34). The van der Waals surface area contributed by atoms with Crippen LogP contribution in [-0.4, -0.2) is 57.5 Å². The summed E-state index contributed by atoms with van der Waals surface area (Å²) in [6.07, 6.45) is 2.85. The minimum atomic E-state index is -0.573. The number of halogens is 1. The van der Waals surface area contributed by atoms with Crippen molar-refractivity contribution in [3.05, 3.63) is 80.2 Å². The van der Waals surface area contributed by atoms with Gasteiger partial charge >= 0.3 is 5.69 Å². The van der Waals surface area contributed by atoms with E-state index >= 15 is 0 Å². The summed E-state index contributed by atoms with van der Waals surface area (Å²) in [5.41, 5.74) is 0.118. The fraction of sp³-hybridized carbons (Fsp3) is 0.423. The first-order chi connectivity index (χ1) is 16.4. The minimum Gasteiger partial charge on any atom is -0.338 e. The molecule has 1 fully saturated rings. The molecular formula is C26H31FN4O3. The van der Waals surface area contributed by atoms with E-state index in [0.29, 0.717) is 35.6 Å². The van der Waals surface area contributed by atoms with E-state index in [1.54, 1.807) is 35.2 Å². The fourth-order valence-electron chi connectivity index (χ4n) is 4.91. The van der Waals surface area contributed by atoms with Crippen LogP contribution in [0.4, 0.5) is 4.39 Å². The van der Waals surface area contributed by atoms with Gasteiger partial charge in [0.1, 0.15) is 5.82 Å². The number of nitrogens with one attached hydrogen (secondary N) is 1. The third-order valence-electron chi connectivity index (χ3n) is 6.69. The number of hydrogen-bond acceptors (Lipinski definition) is 4. The van der Waals surface area contributed by atoms with Gasteiger partial charge in [-0.15, -0.1) is 0 Å². The highest BCUT2D eigenvalue weighted by molar-refractivity contribution is 5.94. The van der Waals surface area contributed by atoms with E-state index in [0.717, 1.165) is 32.4 Å². The number of rotatable bonds is 7. The molecule has 1 N–H and O–H groups in total. The molecule has 1 aliphatic rings. The molecule has 8 heteroatoms. The molecule has 180 valence electrons. The van der Waals surface area contributed by atoms with Crippen molar-refractivity contribution in [3.8, 4) is 0 Å². The Kier molecular flexibility index (Phi) is 7.26. The predicted molar refractivity (Wildman–Crippen MR) is 131 cm³/mol. The maximum Gasteiger partial charge on any atom is 0.329 e. The molecule has 1 amide bonds. The number of hydrogen-bond donors (Lipinski definition) is 1. The van der Waals surface area contributed by atoms with E-state index in [9.17, 15) is 18.8 Å². The van der Waals surface area contributed by atoms with Gasteiger partial charge < -0.3 is 9.80 Å². The first-order valence-corrected chi connectivity index (χ1v) is 12.0. The average molecular weight is 467 g/mol. The van der Waals surface area contributed by atoms with Gasteiger partial charge in [0.05, 0.1) is 23.0 Å². The van der Waals surface area contributed by atoms with E-state index in [2.05, 4.69) is 23.7 Å². The Balaban J connectivity index is 1.55. The van der Waals surface area contributed by atoms with E-state index in [4.69, 9.17) is 0 Å². The van der Waals surface area contributed by atoms with E-state index < -0.39 is 17.1 Å². The molecule has 1 aliphatic heterocycles. The molecule has 3 aromatic rings. The lowest BCUT2D eigenvalue weighted by Crippen LogP contribution is -2.47. The van der Waals surface area contributed by atoms with Gasteiger partial charge in [-0.1, -0.05) is 32.0 Å². The Bertz CT molecular complexity index is 1290. The van der Waals surface area contributed by atoms with Gasteiger partial charge in [-0.05, 0) is 62.2 Å². The van der Waals surface area contributed by atoms with Crippen LogP contribution in [0.15, 0.2) is 52.1 Å². The Labute approximate surface area is 197 Å². The first-order valence-electron chi connectivity index (χ1n) is 12.0. The second-order valence-corrected chi connectivity index (χ2v) is 8.83. The molecule has 7 nitrogen and oxygen atoms in total. The fourth-order valence-corrected chi connectivity index (χ4v) is 4.91. The van der Waals surface area contributed by atoms with E-state index in [1.165, 1.54) is 16.7 Å².